The zero-order chi connectivity index (χ0) is 34.8. The van der Waals surface area contributed by atoms with Gasteiger partial charge in [0.15, 0.2) is 11.5 Å². The number of hydrogen-bond acceptors (Lipinski definition) is 6. The van der Waals surface area contributed by atoms with Crippen molar-refractivity contribution in [3.63, 3.8) is 0 Å². The second-order valence-electron chi connectivity index (χ2n) is 12.1. The van der Waals surface area contributed by atoms with E-state index in [4.69, 9.17) is 4.99 Å². The molecule has 6 nitrogen and oxygen atoms in total. The molecule has 0 aliphatic rings. The van der Waals surface area contributed by atoms with Crippen molar-refractivity contribution in [1.29, 1.82) is 0 Å². The summed E-state index contributed by atoms with van der Waals surface area (Å²) in [6, 6.07) is 38.3. The van der Waals surface area contributed by atoms with Crippen LogP contribution in [0.4, 0.5) is 0 Å². The Morgan fingerprint density at radius 3 is 1.65 bits per heavy atom. The molecule has 6 heteroatoms. The minimum atomic E-state index is -0.986. The summed E-state index contributed by atoms with van der Waals surface area (Å²) in [7, 11) is 0. The second-order valence-corrected chi connectivity index (χ2v) is 12.1. The molecule has 49 heavy (non-hydrogen) atoms. The molecule has 0 saturated heterocycles. The lowest BCUT2D eigenvalue weighted by molar-refractivity contribution is 0.330. The first-order valence-electron chi connectivity index (χ1n) is 15.9. The van der Waals surface area contributed by atoms with Crippen LogP contribution in [-0.2, 0) is 0 Å². The molecule has 0 heterocycles. The molecule has 6 rings (SSSR count). The van der Waals surface area contributed by atoms with Gasteiger partial charge in [0, 0.05) is 5.71 Å². The van der Waals surface area contributed by atoms with Crippen molar-refractivity contribution in [1.82, 2.24) is 0 Å². The molecule has 6 aromatic rings. The topological polar surface area (TPSA) is 114 Å². The van der Waals surface area contributed by atoms with Gasteiger partial charge in [0.1, 0.15) is 0 Å². The highest BCUT2D eigenvalue weighted by Crippen LogP contribution is 2.54. The first-order valence-corrected chi connectivity index (χ1v) is 15.9. The van der Waals surface area contributed by atoms with Crippen molar-refractivity contribution in [2.45, 2.75) is 26.8 Å². The zero-order valence-corrected chi connectivity index (χ0v) is 27.5. The first kappa shape index (κ1) is 32.7. The van der Waals surface area contributed by atoms with Crippen molar-refractivity contribution in [2.24, 2.45) is 4.99 Å². The molecule has 0 saturated carbocycles. The van der Waals surface area contributed by atoms with Crippen molar-refractivity contribution in [3.8, 4) is 73.3 Å². The van der Waals surface area contributed by atoms with E-state index in [1.807, 2.05) is 48.5 Å². The molecule has 1 unspecified atom stereocenters. The van der Waals surface area contributed by atoms with Gasteiger partial charge in [-0.2, -0.15) is 0 Å². The SMILES string of the molecule is C=Cc1ccc(-c2ccc(-c3ccc(-c4c(O)c(O)c(O)c(O)c4O)cc3)cc2)cc1-c1ccc(C(C)=NC(C)c2ccccc2)cc1C. The predicted octanol–water partition coefficient (Wildman–Crippen LogP) is 10.4. The lowest BCUT2D eigenvalue weighted by atomic mass is 9.90. The molecule has 0 fully saturated rings. The maximum absolute atomic E-state index is 10.3. The lowest BCUT2D eigenvalue weighted by Crippen LogP contribution is -2.00. The summed E-state index contributed by atoms with van der Waals surface area (Å²) < 4.78 is 0. The smallest absolute Gasteiger partial charge is 0.208 e. The Morgan fingerprint density at radius 2 is 1.10 bits per heavy atom. The summed E-state index contributed by atoms with van der Waals surface area (Å²) >= 11 is 0. The van der Waals surface area contributed by atoms with E-state index in [-0.39, 0.29) is 11.6 Å². The van der Waals surface area contributed by atoms with Gasteiger partial charge in [-0.1, -0.05) is 116 Å². The average Bonchev–Trinajstić information content (AvgIpc) is 3.13. The molecule has 6 aromatic carbocycles. The van der Waals surface area contributed by atoms with Gasteiger partial charge in [0.05, 0.1) is 11.6 Å². The fourth-order valence-electron chi connectivity index (χ4n) is 6.15. The van der Waals surface area contributed by atoms with Crippen LogP contribution < -0.4 is 0 Å². The standard InChI is InChI=1S/C43H37NO5/c1-5-28-11-20-35(24-37(28)36-22-21-34(23-25(36)2)27(4)44-26(3)29-9-7-6-8-10-29)32-14-12-30(13-15-32)31-16-18-33(19-17-31)38-39(45)41(47)43(49)42(48)40(38)46/h5-24,26,45-49H,1H2,2-4H3. The number of rotatable bonds is 8. The number of nitrogens with zero attached hydrogens (tertiary/aromatic N) is 1. The van der Waals surface area contributed by atoms with Gasteiger partial charge in [-0.3, -0.25) is 4.99 Å². The van der Waals surface area contributed by atoms with Crippen LogP contribution in [0.25, 0.3) is 50.6 Å². The Hall–Kier alpha value is -6.27. The van der Waals surface area contributed by atoms with Gasteiger partial charge >= 0.3 is 0 Å². The van der Waals surface area contributed by atoms with Crippen LogP contribution in [0.2, 0.25) is 0 Å². The van der Waals surface area contributed by atoms with Crippen molar-refractivity contribution in [3.05, 3.63) is 144 Å². The molecule has 0 spiro atoms. The van der Waals surface area contributed by atoms with E-state index in [2.05, 4.69) is 88.0 Å². The van der Waals surface area contributed by atoms with E-state index in [9.17, 15) is 25.5 Å². The molecule has 1 atom stereocenters. The van der Waals surface area contributed by atoms with Crippen molar-refractivity contribution < 1.29 is 25.5 Å². The molecule has 244 valence electrons. The second kappa shape index (κ2) is 13.5. The molecular weight excluding hydrogens is 610 g/mol. The highest BCUT2D eigenvalue weighted by Gasteiger charge is 2.24. The van der Waals surface area contributed by atoms with Gasteiger partial charge < -0.3 is 25.5 Å². The fourth-order valence-corrected chi connectivity index (χ4v) is 6.15. The third-order valence-corrected chi connectivity index (χ3v) is 8.97. The minimum absolute atomic E-state index is 0.0660. The Bertz CT molecular complexity index is 2170. The van der Waals surface area contributed by atoms with Crippen LogP contribution in [0.15, 0.2) is 127 Å². The van der Waals surface area contributed by atoms with E-state index in [0.717, 1.165) is 55.8 Å². The van der Waals surface area contributed by atoms with E-state index in [0.29, 0.717) is 5.56 Å². The Balaban J connectivity index is 1.26. The Labute approximate surface area is 285 Å². The summed E-state index contributed by atoms with van der Waals surface area (Å²) in [6.07, 6.45) is 1.88. The van der Waals surface area contributed by atoms with E-state index >= 15 is 0 Å². The molecule has 0 aliphatic carbocycles. The monoisotopic (exact) mass is 647 g/mol. The van der Waals surface area contributed by atoms with Gasteiger partial charge in [0.25, 0.3) is 0 Å². The number of aromatic hydroxyl groups is 5. The quantitative estimate of drug-likeness (QED) is 0.0641. The Morgan fingerprint density at radius 1 is 0.592 bits per heavy atom. The van der Waals surface area contributed by atoms with Crippen molar-refractivity contribution >= 4 is 11.8 Å². The molecule has 0 amide bonds. The largest absolute Gasteiger partial charge is 0.504 e. The number of aryl methyl sites for hydroxylation is 1. The average molecular weight is 648 g/mol. The normalized spacial score (nSPS) is 12.1. The first-order chi connectivity index (χ1) is 23.6. The van der Waals surface area contributed by atoms with Gasteiger partial charge in [0.2, 0.25) is 17.2 Å². The fraction of sp³-hybridized carbons (Fsp3) is 0.0930. The Kier molecular flexibility index (Phi) is 8.97. The molecular formula is C43H37NO5. The zero-order valence-electron chi connectivity index (χ0n) is 27.5. The van der Waals surface area contributed by atoms with Crippen molar-refractivity contribution in [2.75, 3.05) is 0 Å². The summed E-state index contributed by atoms with van der Waals surface area (Å²) in [5.74, 6) is -4.25. The van der Waals surface area contributed by atoms with Gasteiger partial charge in [-0.05, 0) is 94.1 Å². The number of benzene rings is 6. The third kappa shape index (κ3) is 6.36. The van der Waals surface area contributed by atoms with Crippen LogP contribution in [0.3, 0.4) is 0 Å². The number of aliphatic imine (C=N–C) groups is 1. The summed E-state index contributed by atoms with van der Waals surface area (Å²) in [5, 5.41) is 50.2. The highest BCUT2D eigenvalue weighted by atomic mass is 16.4. The van der Waals surface area contributed by atoms with Crippen LogP contribution in [-0.4, -0.2) is 31.2 Å². The maximum atomic E-state index is 10.3. The third-order valence-electron chi connectivity index (χ3n) is 8.97. The van der Waals surface area contributed by atoms with E-state index < -0.39 is 28.7 Å². The van der Waals surface area contributed by atoms with E-state index in [1.54, 1.807) is 12.1 Å². The minimum Gasteiger partial charge on any atom is -0.504 e. The lowest BCUT2D eigenvalue weighted by Gasteiger charge is -2.15. The van der Waals surface area contributed by atoms with Crippen LogP contribution >= 0.6 is 0 Å². The van der Waals surface area contributed by atoms with Crippen LogP contribution in [0, 0.1) is 6.92 Å². The maximum Gasteiger partial charge on any atom is 0.208 e. The molecule has 0 radical (unpaired) electrons. The number of hydrogen-bond donors (Lipinski definition) is 5. The predicted molar refractivity (Wildman–Crippen MR) is 198 cm³/mol. The van der Waals surface area contributed by atoms with Gasteiger partial charge in [-0.25, -0.2) is 0 Å². The molecule has 0 aliphatic heterocycles. The van der Waals surface area contributed by atoms with Gasteiger partial charge in [-0.15, -0.1) is 0 Å². The molecule has 0 bridgehead atoms. The molecule has 0 aromatic heterocycles. The number of phenols is 5. The van der Waals surface area contributed by atoms with E-state index in [1.165, 1.54) is 5.56 Å². The van der Waals surface area contributed by atoms with Crippen LogP contribution in [0.5, 0.6) is 28.7 Å². The number of phenolic OH excluding ortho intramolecular Hbond substituents is 5. The van der Waals surface area contributed by atoms with Crippen LogP contribution in [0.1, 0.15) is 42.1 Å². The summed E-state index contributed by atoms with van der Waals surface area (Å²) in [4.78, 5) is 4.97. The molecule has 5 N–H and O–H groups in total. The highest BCUT2D eigenvalue weighted by molar-refractivity contribution is 6.00. The summed E-state index contributed by atoms with van der Waals surface area (Å²) in [6.45, 7) is 10.4. The summed E-state index contributed by atoms with van der Waals surface area (Å²) in [5.41, 5.74) is 11.8.